The molecule has 156 valence electrons. The predicted octanol–water partition coefficient (Wildman–Crippen LogP) is 3.64. The van der Waals surface area contributed by atoms with Gasteiger partial charge in [-0.15, -0.1) is 0 Å². The van der Waals surface area contributed by atoms with Crippen molar-refractivity contribution in [3.05, 3.63) is 23.8 Å². The SMILES string of the molecule is CCCCCC(C)NC(=O)C1CCN(C(=O)c2cc(OC)cc(OC)c2)CC1. The number of nitrogens with zero attached hydrogens (tertiary/aromatic N) is 1. The molecule has 6 nitrogen and oxygen atoms in total. The molecule has 0 aromatic heterocycles. The number of amides is 2. The van der Waals surface area contributed by atoms with Gasteiger partial charge < -0.3 is 19.7 Å². The second kappa shape index (κ2) is 10.9. The molecule has 0 aliphatic carbocycles. The van der Waals surface area contributed by atoms with E-state index in [9.17, 15) is 9.59 Å². The molecule has 0 bridgehead atoms. The maximum atomic E-state index is 12.9. The third kappa shape index (κ3) is 6.14. The van der Waals surface area contributed by atoms with E-state index in [1.165, 1.54) is 12.8 Å². The number of piperidine rings is 1. The molecule has 2 rings (SSSR count). The average molecular weight is 391 g/mol. The van der Waals surface area contributed by atoms with Gasteiger partial charge in [-0.25, -0.2) is 0 Å². The Labute approximate surface area is 168 Å². The molecule has 2 amide bonds. The summed E-state index contributed by atoms with van der Waals surface area (Å²) in [5.74, 6) is 1.24. The van der Waals surface area contributed by atoms with Gasteiger partial charge in [0.25, 0.3) is 5.91 Å². The molecule has 1 N–H and O–H groups in total. The van der Waals surface area contributed by atoms with Crippen LogP contribution in [0.15, 0.2) is 18.2 Å². The molecule has 1 heterocycles. The minimum Gasteiger partial charge on any atom is -0.497 e. The van der Waals surface area contributed by atoms with E-state index in [-0.39, 0.29) is 23.8 Å². The van der Waals surface area contributed by atoms with Crippen LogP contribution in [0.2, 0.25) is 0 Å². The van der Waals surface area contributed by atoms with Crippen LogP contribution in [0, 0.1) is 5.92 Å². The van der Waals surface area contributed by atoms with Crippen LogP contribution in [-0.4, -0.2) is 50.1 Å². The number of methoxy groups -OCH3 is 2. The van der Waals surface area contributed by atoms with E-state index >= 15 is 0 Å². The van der Waals surface area contributed by atoms with Crippen molar-refractivity contribution >= 4 is 11.8 Å². The van der Waals surface area contributed by atoms with Gasteiger partial charge in [0.05, 0.1) is 14.2 Å². The molecular formula is C22H34N2O4. The number of ether oxygens (including phenoxy) is 2. The van der Waals surface area contributed by atoms with Gasteiger partial charge in [0.2, 0.25) is 5.91 Å². The van der Waals surface area contributed by atoms with Crippen molar-refractivity contribution in [2.45, 2.75) is 58.4 Å². The zero-order chi connectivity index (χ0) is 20.5. The molecule has 1 fully saturated rings. The fourth-order valence-corrected chi connectivity index (χ4v) is 3.59. The van der Waals surface area contributed by atoms with Gasteiger partial charge in [0.15, 0.2) is 0 Å². The van der Waals surface area contributed by atoms with Crippen LogP contribution >= 0.6 is 0 Å². The van der Waals surface area contributed by atoms with Crippen molar-refractivity contribution in [2.24, 2.45) is 5.92 Å². The maximum Gasteiger partial charge on any atom is 0.254 e. The quantitative estimate of drug-likeness (QED) is 0.654. The lowest BCUT2D eigenvalue weighted by molar-refractivity contribution is -0.126. The standard InChI is InChI=1S/C22H34N2O4/c1-5-6-7-8-16(2)23-21(25)17-9-11-24(12-10-17)22(26)18-13-19(27-3)15-20(14-18)28-4/h13-17H,5-12H2,1-4H3,(H,23,25). The van der Waals surface area contributed by atoms with Gasteiger partial charge in [-0.2, -0.15) is 0 Å². The van der Waals surface area contributed by atoms with Crippen LogP contribution in [0.1, 0.15) is 62.7 Å². The maximum absolute atomic E-state index is 12.9. The van der Waals surface area contributed by atoms with E-state index in [0.717, 1.165) is 12.8 Å². The van der Waals surface area contributed by atoms with Crippen molar-refractivity contribution in [3.63, 3.8) is 0 Å². The Hall–Kier alpha value is -2.24. The van der Waals surface area contributed by atoms with Crippen LogP contribution in [-0.2, 0) is 4.79 Å². The first-order valence-corrected chi connectivity index (χ1v) is 10.3. The zero-order valence-electron chi connectivity index (χ0n) is 17.6. The predicted molar refractivity (Wildman–Crippen MR) is 110 cm³/mol. The van der Waals surface area contributed by atoms with Gasteiger partial charge >= 0.3 is 0 Å². The third-order valence-corrected chi connectivity index (χ3v) is 5.38. The first-order chi connectivity index (χ1) is 13.5. The number of hydrogen-bond donors (Lipinski definition) is 1. The second-order valence-corrected chi connectivity index (χ2v) is 7.57. The molecule has 1 aliphatic heterocycles. The van der Waals surface area contributed by atoms with Crippen molar-refractivity contribution in [2.75, 3.05) is 27.3 Å². The Kier molecular flexibility index (Phi) is 8.61. The van der Waals surface area contributed by atoms with Gasteiger partial charge in [-0.1, -0.05) is 26.2 Å². The Balaban J connectivity index is 1.87. The lowest BCUT2D eigenvalue weighted by Gasteiger charge is -2.32. The number of rotatable bonds is 9. The Bertz CT molecular complexity index is 632. The number of benzene rings is 1. The molecule has 0 spiro atoms. The summed E-state index contributed by atoms with van der Waals surface area (Å²) in [6.45, 7) is 5.42. The average Bonchev–Trinajstić information content (AvgIpc) is 2.73. The fraction of sp³-hybridized carbons (Fsp3) is 0.636. The molecule has 28 heavy (non-hydrogen) atoms. The number of unbranched alkanes of at least 4 members (excludes halogenated alkanes) is 2. The highest BCUT2D eigenvalue weighted by Gasteiger charge is 2.28. The molecule has 0 saturated carbocycles. The summed E-state index contributed by atoms with van der Waals surface area (Å²) in [4.78, 5) is 27.2. The van der Waals surface area contributed by atoms with E-state index in [1.54, 1.807) is 32.4 Å². The molecule has 1 atom stereocenters. The van der Waals surface area contributed by atoms with E-state index in [1.807, 2.05) is 4.90 Å². The highest BCUT2D eigenvalue weighted by Crippen LogP contribution is 2.25. The van der Waals surface area contributed by atoms with Crippen molar-refractivity contribution in [1.29, 1.82) is 0 Å². The van der Waals surface area contributed by atoms with Crippen molar-refractivity contribution in [1.82, 2.24) is 10.2 Å². The first-order valence-electron chi connectivity index (χ1n) is 10.3. The van der Waals surface area contributed by atoms with Crippen LogP contribution < -0.4 is 14.8 Å². The first kappa shape index (κ1) is 22.1. The lowest BCUT2D eigenvalue weighted by Crippen LogP contribution is -2.44. The number of nitrogens with one attached hydrogen (secondary N) is 1. The molecule has 6 heteroatoms. The number of likely N-dealkylation sites (tertiary alicyclic amines) is 1. The largest absolute Gasteiger partial charge is 0.497 e. The Morgan fingerprint density at radius 3 is 2.25 bits per heavy atom. The minimum atomic E-state index is -0.0519. The summed E-state index contributed by atoms with van der Waals surface area (Å²) < 4.78 is 10.5. The third-order valence-electron chi connectivity index (χ3n) is 5.38. The van der Waals surface area contributed by atoms with Gasteiger partial charge in [-0.05, 0) is 38.3 Å². The van der Waals surface area contributed by atoms with Crippen LogP contribution in [0.5, 0.6) is 11.5 Å². The summed E-state index contributed by atoms with van der Waals surface area (Å²) in [5.41, 5.74) is 0.545. The molecule has 0 radical (unpaired) electrons. The monoisotopic (exact) mass is 390 g/mol. The van der Waals surface area contributed by atoms with Gasteiger partial charge in [0.1, 0.15) is 11.5 Å². The Morgan fingerprint density at radius 2 is 1.71 bits per heavy atom. The second-order valence-electron chi connectivity index (χ2n) is 7.57. The minimum absolute atomic E-state index is 0.0162. The van der Waals surface area contributed by atoms with E-state index in [4.69, 9.17) is 9.47 Å². The number of carbonyl (C=O) groups excluding carboxylic acids is 2. The summed E-state index contributed by atoms with van der Waals surface area (Å²) >= 11 is 0. The van der Waals surface area contributed by atoms with E-state index < -0.39 is 0 Å². The molecule has 1 saturated heterocycles. The Morgan fingerprint density at radius 1 is 1.11 bits per heavy atom. The molecule has 1 aromatic carbocycles. The van der Waals surface area contributed by atoms with Gasteiger partial charge in [0, 0.05) is 36.7 Å². The van der Waals surface area contributed by atoms with Crippen LogP contribution in [0.4, 0.5) is 0 Å². The van der Waals surface area contributed by atoms with Crippen LogP contribution in [0.25, 0.3) is 0 Å². The normalized spacial score (nSPS) is 15.8. The van der Waals surface area contributed by atoms with E-state index in [2.05, 4.69) is 19.2 Å². The fourth-order valence-electron chi connectivity index (χ4n) is 3.59. The summed E-state index contributed by atoms with van der Waals surface area (Å²) in [7, 11) is 3.13. The molecule has 1 unspecified atom stereocenters. The molecule has 1 aliphatic rings. The van der Waals surface area contributed by atoms with Crippen molar-refractivity contribution in [3.8, 4) is 11.5 Å². The zero-order valence-corrected chi connectivity index (χ0v) is 17.6. The smallest absolute Gasteiger partial charge is 0.254 e. The number of hydrogen-bond acceptors (Lipinski definition) is 4. The molecule has 1 aromatic rings. The van der Waals surface area contributed by atoms with E-state index in [0.29, 0.717) is 43.0 Å². The highest BCUT2D eigenvalue weighted by molar-refractivity contribution is 5.95. The van der Waals surface area contributed by atoms with Crippen molar-refractivity contribution < 1.29 is 19.1 Å². The number of carbonyl (C=O) groups is 2. The van der Waals surface area contributed by atoms with Crippen LogP contribution in [0.3, 0.4) is 0 Å². The highest BCUT2D eigenvalue weighted by atomic mass is 16.5. The summed E-state index contributed by atoms with van der Waals surface area (Å²) in [5, 5.41) is 3.14. The summed E-state index contributed by atoms with van der Waals surface area (Å²) in [6.07, 6.45) is 5.95. The van der Waals surface area contributed by atoms with Gasteiger partial charge in [-0.3, -0.25) is 9.59 Å². The lowest BCUT2D eigenvalue weighted by atomic mass is 9.94. The summed E-state index contributed by atoms with van der Waals surface area (Å²) in [6, 6.07) is 5.40. The topological polar surface area (TPSA) is 67.9 Å². The molecular weight excluding hydrogens is 356 g/mol.